The summed E-state index contributed by atoms with van der Waals surface area (Å²) in [5.41, 5.74) is -0.598. The Labute approximate surface area is 151 Å². The van der Waals surface area contributed by atoms with E-state index in [1.807, 2.05) is 29.1 Å². The van der Waals surface area contributed by atoms with Crippen molar-refractivity contribution in [3.05, 3.63) is 53.7 Å². The first kappa shape index (κ1) is 16.3. The zero-order valence-corrected chi connectivity index (χ0v) is 15.1. The number of hydrogen-bond donors (Lipinski definition) is 2. The van der Waals surface area contributed by atoms with E-state index in [1.165, 1.54) is 15.0 Å². The predicted octanol–water partition coefficient (Wildman–Crippen LogP) is 3.05. The zero-order valence-electron chi connectivity index (χ0n) is 14.2. The van der Waals surface area contributed by atoms with Crippen LogP contribution in [0.2, 0.25) is 0 Å². The van der Waals surface area contributed by atoms with Gasteiger partial charge in [-0.25, -0.2) is 0 Å². The van der Waals surface area contributed by atoms with Crippen LogP contribution in [0.4, 0.5) is 0 Å². The molecule has 1 fully saturated rings. The number of hydrogen-bond acceptors (Lipinski definition) is 4. The highest BCUT2D eigenvalue weighted by Gasteiger charge is 2.42. The van der Waals surface area contributed by atoms with Crippen molar-refractivity contribution in [2.75, 3.05) is 13.1 Å². The Kier molecular flexibility index (Phi) is 4.31. The van der Waals surface area contributed by atoms with Gasteiger partial charge in [0.2, 0.25) is 5.91 Å². The van der Waals surface area contributed by atoms with Crippen molar-refractivity contribution in [3.63, 3.8) is 0 Å². The van der Waals surface area contributed by atoms with Gasteiger partial charge in [-0.2, -0.15) is 5.10 Å². The van der Waals surface area contributed by atoms with E-state index in [4.69, 9.17) is 0 Å². The standard InChI is InChI=1S/C19H22N4OS/c1-14(17-13-15-5-2-3-6-16(15)25-17)22-18(24)19(7-10-20-11-8-19)23-12-4-9-21-23/h2-6,9,12-14,20H,7-8,10-11H2,1H3,(H,22,24). The summed E-state index contributed by atoms with van der Waals surface area (Å²) >= 11 is 1.74. The highest BCUT2D eigenvalue weighted by Crippen LogP contribution is 2.32. The van der Waals surface area contributed by atoms with E-state index in [2.05, 4.69) is 40.9 Å². The maximum atomic E-state index is 13.2. The average Bonchev–Trinajstić information content (AvgIpc) is 3.32. The van der Waals surface area contributed by atoms with Crippen molar-refractivity contribution < 1.29 is 4.79 Å². The summed E-state index contributed by atoms with van der Waals surface area (Å²) in [6, 6.07) is 12.4. The van der Waals surface area contributed by atoms with Crippen LogP contribution in [0.1, 0.15) is 30.7 Å². The number of fused-ring (bicyclic) bond motifs is 1. The van der Waals surface area contributed by atoms with E-state index in [0.29, 0.717) is 0 Å². The van der Waals surface area contributed by atoms with Crippen molar-refractivity contribution in [2.45, 2.75) is 31.3 Å². The molecule has 0 radical (unpaired) electrons. The highest BCUT2D eigenvalue weighted by atomic mass is 32.1. The molecule has 0 spiro atoms. The Balaban J connectivity index is 1.58. The van der Waals surface area contributed by atoms with Crippen LogP contribution in [0.15, 0.2) is 48.8 Å². The molecule has 2 aromatic heterocycles. The van der Waals surface area contributed by atoms with E-state index >= 15 is 0 Å². The molecule has 1 aromatic carbocycles. The van der Waals surface area contributed by atoms with Crippen LogP contribution in [-0.2, 0) is 10.3 Å². The Morgan fingerprint density at radius 3 is 2.84 bits per heavy atom. The second kappa shape index (κ2) is 6.61. The van der Waals surface area contributed by atoms with E-state index in [-0.39, 0.29) is 11.9 Å². The fraction of sp³-hybridized carbons (Fsp3) is 0.368. The van der Waals surface area contributed by atoms with Crippen molar-refractivity contribution >= 4 is 27.3 Å². The third-order valence-corrected chi connectivity index (χ3v) is 6.31. The normalized spacial score (nSPS) is 18.1. The van der Waals surface area contributed by atoms with E-state index in [9.17, 15) is 4.79 Å². The minimum absolute atomic E-state index is 0.0211. The molecule has 3 aromatic rings. The van der Waals surface area contributed by atoms with Crippen molar-refractivity contribution in [1.29, 1.82) is 0 Å². The topological polar surface area (TPSA) is 59.0 Å². The molecule has 1 atom stereocenters. The van der Waals surface area contributed by atoms with Crippen LogP contribution in [0.25, 0.3) is 10.1 Å². The summed E-state index contributed by atoms with van der Waals surface area (Å²) in [4.78, 5) is 14.4. The maximum absolute atomic E-state index is 13.2. The first-order valence-corrected chi connectivity index (χ1v) is 9.51. The molecule has 6 heteroatoms. The minimum atomic E-state index is -0.598. The first-order valence-electron chi connectivity index (χ1n) is 8.69. The second-order valence-electron chi connectivity index (χ2n) is 6.61. The molecule has 5 nitrogen and oxygen atoms in total. The minimum Gasteiger partial charge on any atom is -0.347 e. The predicted molar refractivity (Wildman–Crippen MR) is 101 cm³/mol. The van der Waals surface area contributed by atoms with Gasteiger partial charge in [-0.15, -0.1) is 11.3 Å². The number of nitrogens with zero attached hydrogens (tertiary/aromatic N) is 2. The van der Waals surface area contributed by atoms with Gasteiger partial charge in [0.25, 0.3) is 0 Å². The molecule has 4 rings (SSSR count). The molecule has 1 aliphatic rings. The lowest BCUT2D eigenvalue weighted by Gasteiger charge is -2.37. The number of amides is 1. The van der Waals surface area contributed by atoms with Crippen LogP contribution >= 0.6 is 11.3 Å². The van der Waals surface area contributed by atoms with E-state index < -0.39 is 5.54 Å². The van der Waals surface area contributed by atoms with Crippen LogP contribution in [-0.4, -0.2) is 28.8 Å². The summed E-state index contributed by atoms with van der Waals surface area (Å²) < 4.78 is 3.09. The third kappa shape index (κ3) is 2.96. The summed E-state index contributed by atoms with van der Waals surface area (Å²) in [6.45, 7) is 3.70. The van der Waals surface area contributed by atoms with E-state index in [0.717, 1.165) is 25.9 Å². The number of rotatable bonds is 4. The summed E-state index contributed by atoms with van der Waals surface area (Å²) in [7, 11) is 0. The number of carbonyl (C=O) groups is 1. The average molecular weight is 354 g/mol. The van der Waals surface area contributed by atoms with Crippen molar-refractivity contribution in [3.8, 4) is 0 Å². The monoisotopic (exact) mass is 354 g/mol. The highest BCUT2D eigenvalue weighted by molar-refractivity contribution is 7.19. The Hall–Kier alpha value is -2.18. The van der Waals surface area contributed by atoms with Gasteiger partial charge in [-0.3, -0.25) is 9.48 Å². The largest absolute Gasteiger partial charge is 0.347 e. The van der Waals surface area contributed by atoms with Crippen LogP contribution in [0.5, 0.6) is 0 Å². The molecular weight excluding hydrogens is 332 g/mol. The molecule has 1 amide bonds. The van der Waals surface area contributed by atoms with Gasteiger partial charge in [0.15, 0.2) is 0 Å². The number of nitrogens with one attached hydrogen (secondary N) is 2. The lowest BCUT2D eigenvalue weighted by molar-refractivity contribution is -0.132. The first-order chi connectivity index (χ1) is 12.2. The van der Waals surface area contributed by atoms with Crippen LogP contribution < -0.4 is 10.6 Å². The van der Waals surface area contributed by atoms with Crippen molar-refractivity contribution in [1.82, 2.24) is 20.4 Å². The van der Waals surface area contributed by atoms with Gasteiger partial charge in [-0.05, 0) is 56.4 Å². The molecule has 3 heterocycles. The number of aromatic nitrogens is 2. The molecule has 1 aliphatic heterocycles. The summed E-state index contributed by atoms with van der Waals surface area (Å²) in [6.07, 6.45) is 5.14. The van der Waals surface area contributed by atoms with Gasteiger partial charge in [0.05, 0.1) is 6.04 Å². The molecule has 25 heavy (non-hydrogen) atoms. The van der Waals surface area contributed by atoms with Crippen molar-refractivity contribution in [2.24, 2.45) is 0 Å². The lowest BCUT2D eigenvalue weighted by Crippen LogP contribution is -2.54. The summed E-state index contributed by atoms with van der Waals surface area (Å²) in [5.74, 6) is 0.0580. The smallest absolute Gasteiger partial charge is 0.248 e. The Morgan fingerprint density at radius 2 is 2.12 bits per heavy atom. The number of carbonyl (C=O) groups excluding carboxylic acids is 1. The molecule has 1 unspecified atom stereocenters. The molecular formula is C19H22N4OS. The quantitative estimate of drug-likeness (QED) is 0.757. The van der Waals surface area contributed by atoms with Crippen LogP contribution in [0.3, 0.4) is 0 Å². The number of benzene rings is 1. The zero-order chi connectivity index (χ0) is 17.3. The number of piperidine rings is 1. The summed E-state index contributed by atoms with van der Waals surface area (Å²) in [5, 5.41) is 12.2. The lowest BCUT2D eigenvalue weighted by atomic mass is 9.87. The molecule has 2 N–H and O–H groups in total. The van der Waals surface area contributed by atoms with Gasteiger partial charge in [0.1, 0.15) is 5.54 Å². The molecule has 0 aliphatic carbocycles. The number of thiophene rings is 1. The van der Waals surface area contributed by atoms with Gasteiger partial charge in [-0.1, -0.05) is 18.2 Å². The van der Waals surface area contributed by atoms with E-state index in [1.54, 1.807) is 17.5 Å². The third-order valence-electron chi connectivity index (χ3n) is 5.02. The second-order valence-corrected chi connectivity index (χ2v) is 7.73. The SMILES string of the molecule is CC(NC(=O)C1(n2cccn2)CCNCC1)c1cc2ccccc2s1. The fourth-order valence-corrected chi connectivity index (χ4v) is 4.61. The van der Waals surface area contributed by atoms with Gasteiger partial charge >= 0.3 is 0 Å². The maximum Gasteiger partial charge on any atom is 0.248 e. The van der Waals surface area contributed by atoms with Gasteiger partial charge in [0, 0.05) is 22.0 Å². The molecule has 130 valence electrons. The fourth-order valence-electron chi connectivity index (χ4n) is 3.54. The molecule has 0 bridgehead atoms. The molecule has 0 saturated carbocycles. The van der Waals surface area contributed by atoms with Crippen LogP contribution in [0, 0.1) is 0 Å². The Morgan fingerprint density at radius 1 is 1.32 bits per heavy atom. The molecule has 1 saturated heterocycles. The van der Waals surface area contributed by atoms with Gasteiger partial charge < -0.3 is 10.6 Å². The Bertz CT molecular complexity index is 832.